The second-order valence-corrected chi connectivity index (χ2v) is 11.1. The van der Waals surface area contributed by atoms with Crippen LogP contribution in [0.2, 0.25) is 0 Å². The number of aliphatic hydroxyl groups is 1. The molecule has 4 heteroatoms. The Balaban J connectivity index is 1.42. The molecule has 1 aromatic heterocycles. The summed E-state index contributed by atoms with van der Waals surface area (Å²) in [5, 5.41) is 10.8. The van der Waals surface area contributed by atoms with Crippen LogP contribution in [0.15, 0.2) is 66.3 Å². The highest BCUT2D eigenvalue weighted by molar-refractivity contribution is 5.84. The van der Waals surface area contributed by atoms with Crippen LogP contribution in [0.25, 0.3) is 23.4 Å². The van der Waals surface area contributed by atoms with E-state index in [0.717, 1.165) is 30.5 Å². The molecule has 4 aliphatic carbocycles. The molecule has 0 fully saturated rings. The van der Waals surface area contributed by atoms with E-state index in [1.165, 1.54) is 41.5 Å². The number of allylic oxidation sites excluding steroid dienone is 7. The number of benzene rings is 1. The maximum absolute atomic E-state index is 10.8. The molecule has 0 radical (unpaired) electrons. The zero-order valence-corrected chi connectivity index (χ0v) is 22.5. The minimum Gasteiger partial charge on any atom is -0.477 e. The molecule has 4 aliphatic rings. The van der Waals surface area contributed by atoms with Gasteiger partial charge in [-0.2, -0.15) is 4.98 Å². The van der Waals surface area contributed by atoms with Gasteiger partial charge in [0.1, 0.15) is 5.82 Å². The molecule has 0 spiro atoms. The topological polar surface area (TPSA) is 55.2 Å². The minimum absolute atomic E-state index is 0.219. The van der Waals surface area contributed by atoms with Gasteiger partial charge in [0, 0.05) is 23.5 Å². The minimum atomic E-state index is -0.481. The fourth-order valence-electron chi connectivity index (χ4n) is 6.35. The van der Waals surface area contributed by atoms with Gasteiger partial charge in [-0.3, -0.25) is 0 Å². The number of aliphatic hydroxyl groups excluding tert-OH is 1. The summed E-state index contributed by atoms with van der Waals surface area (Å²) in [5.41, 5.74) is 7.24. The molecule has 4 nitrogen and oxygen atoms in total. The summed E-state index contributed by atoms with van der Waals surface area (Å²) in [6, 6.07) is 6.42. The predicted octanol–water partition coefficient (Wildman–Crippen LogP) is 7.78. The van der Waals surface area contributed by atoms with Gasteiger partial charge in [-0.15, -0.1) is 0 Å². The van der Waals surface area contributed by atoms with Crippen LogP contribution < -0.4 is 4.74 Å². The average molecular weight is 507 g/mol. The molecule has 0 saturated heterocycles. The maximum Gasteiger partial charge on any atom is 0.217 e. The molecule has 5 atom stereocenters. The van der Waals surface area contributed by atoms with Gasteiger partial charge in [0.05, 0.1) is 24.3 Å². The van der Waals surface area contributed by atoms with E-state index in [0.29, 0.717) is 36.1 Å². The van der Waals surface area contributed by atoms with Crippen molar-refractivity contribution in [3.8, 4) is 17.1 Å². The van der Waals surface area contributed by atoms with Gasteiger partial charge in [-0.1, -0.05) is 99.9 Å². The normalized spacial score (nSPS) is 25.2. The van der Waals surface area contributed by atoms with Crippen LogP contribution in [0.4, 0.5) is 0 Å². The highest BCUT2D eigenvalue weighted by Gasteiger charge is 2.34. The summed E-state index contributed by atoms with van der Waals surface area (Å²) >= 11 is 0. The van der Waals surface area contributed by atoms with E-state index in [1.54, 1.807) is 0 Å². The number of aromatic nitrogens is 2. The van der Waals surface area contributed by atoms with Crippen LogP contribution in [0, 0.1) is 11.8 Å². The average Bonchev–Trinajstić information content (AvgIpc) is 2.96. The van der Waals surface area contributed by atoms with Crippen molar-refractivity contribution in [3.05, 3.63) is 88.8 Å². The molecule has 196 valence electrons. The van der Waals surface area contributed by atoms with E-state index in [-0.39, 0.29) is 5.92 Å². The van der Waals surface area contributed by atoms with Crippen molar-refractivity contribution in [3.63, 3.8) is 0 Å². The Morgan fingerprint density at radius 1 is 1.08 bits per heavy atom. The number of hydrogen-bond acceptors (Lipinski definition) is 4. The lowest BCUT2D eigenvalue weighted by atomic mass is 9.68. The number of unbranched alkanes of at least 4 members (excludes halogenated alkanes) is 1. The van der Waals surface area contributed by atoms with Gasteiger partial charge in [0.2, 0.25) is 5.88 Å². The van der Waals surface area contributed by atoms with Crippen molar-refractivity contribution in [2.75, 3.05) is 6.61 Å². The van der Waals surface area contributed by atoms with E-state index in [4.69, 9.17) is 14.7 Å². The standard InChI is InChI=1S/C34H38N2O2/c1-3-5-9-22(4-2)21-38-31-20-29(35-34(36-31)28-12-6-7-13-30(28)37)26-18-16-25-15-14-23-10-8-11-24-17-19-27(26)33(25)32(23)24/h6,8,10-12,14-20,22-23,28,30,32,37H,3-5,7,9,13,21H2,1-2H3. The van der Waals surface area contributed by atoms with Crippen LogP contribution in [-0.2, 0) is 0 Å². The molecule has 2 aromatic rings. The van der Waals surface area contributed by atoms with Gasteiger partial charge < -0.3 is 9.84 Å². The van der Waals surface area contributed by atoms with Gasteiger partial charge in [-0.25, -0.2) is 4.98 Å². The summed E-state index contributed by atoms with van der Waals surface area (Å²) in [4.78, 5) is 9.92. The lowest BCUT2D eigenvalue weighted by Crippen LogP contribution is -2.22. The highest BCUT2D eigenvalue weighted by atomic mass is 16.5. The second-order valence-electron chi connectivity index (χ2n) is 11.1. The van der Waals surface area contributed by atoms with Crippen LogP contribution in [0.3, 0.4) is 0 Å². The SMILES string of the molecule is CCCCC(CC)COc1cc(-c2ccc3c4c2C=CC2=CC=CC(C=C3)C24)nc(C2C=CCCC2O)n1. The first-order chi connectivity index (χ1) is 18.7. The number of nitrogens with zero attached hydrogens (tertiary/aromatic N) is 2. The lowest BCUT2D eigenvalue weighted by Gasteiger charge is -2.35. The molecule has 6 rings (SSSR count). The maximum atomic E-state index is 10.8. The Morgan fingerprint density at radius 2 is 2.00 bits per heavy atom. The van der Waals surface area contributed by atoms with Crippen LogP contribution in [-0.4, -0.2) is 27.8 Å². The Kier molecular flexibility index (Phi) is 7.16. The summed E-state index contributed by atoms with van der Waals surface area (Å²) in [6.07, 6.45) is 25.8. The third-order valence-electron chi connectivity index (χ3n) is 8.63. The fourth-order valence-corrected chi connectivity index (χ4v) is 6.35. The van der Waals surface area contributed by atoms with Gasteiger partial charge in [0.15, 0.2) is 0 Å². The fraction of sp³-hybridized carbons (Fsp3) is 0.412. The van der Waals surface area contributed by atoms with E-state index in [2.05, 4.69) is 80.7 Å². The smallest absolute Gasteiger partial charge is 0.217 e. The van der Waals surface area contributed by atoms with Crippen molar-refractivity contribution in [2.24, 2.45) is 11.8 Å². The first-order valence-electron chi connectivity index (χ1n) is 14.4. The number of hydrogen-bond donors (Lipinski definition) is 1. The summed E-state index contributed by atoms with van der Waals surface area (Å²) in [5.74, 6) is 2.28. The number of ether oxygens (including phenoxy) is 1. The van der Waals surface area contributed by atoms with Crippen molar-refractivity contribution in [2.45, 2.75) is 70.3 Å². The molecule has 0 bridgehead atoms. The monoisotopic (exact) mass is 506 g/mol. The molecule has 38 heavy (non-hydrogen) atoms. The van der Waals surface area contributed by atoms with Crippen LogP contribution in [0.1, 0.15) is 86.7 Å². The third kappa shape index (κ3) is 4.71. The number of rotatable bonds is 9. The molecule has 1 N–H and O–H groups in total. The second kappa shape index (κ2) is 10.9. The van der Waals surface area contributed by atoms with Gasteiger partial charge in [0.25, 0.3) is 0 Å². The first kappa shape index (κ1) is 25.1. The molecule has 0 saturated carbocycles. The van der Waals surface area contributed by atoms with E-state index < -0.39 is 6.10 Å². The summed E-state index contributed by atoms with van der Waals surface area (Å²) in [7, 11) is 0. The van der Waals surface area contributed by atoms with Crippen molar-refractivity contribution < 1.29 is 9.84 Å². The highest BCUT2D eigenvalue weighted by Crippen LogP contribution is 2.49. The Morgan fingerprint density at radius 3 is 2.84 bits per heavy atom. The molecule has 1 heterocycles. The van der Waals surface area contributed by atoms with Crippen LogP contribution in [0.5, 0.6) is 5.88 Å². The molecular formula is C34H38N2O2. The lowest BCUT2D eigenvalue weighted by molar-refractivity contribution is 0.141. The van der Waals surface area contributed by atoms with Gasteiger partial charge in [-0.05, 0) is 47.4 Å². The molecule has 0 aliphatic heterocycles. The zero-order valence-electron chi connectivity index (χ0n) is 22.5. The summed E-state index contributed by atoms with van der Waals surface area (Å²) in [6.45, 7) is 5.12. The van der Waals surface area contributed by atoms with Crippen molar-refractivity contribution in [1.29, 1.82) is 0 Å². The molecule has 1 aromatic carbocycles. The Bertz CT molecular complexity index is 1350. The van der Waals surface area contributed by atoms with E-state index in [9.17, 15) is 5.11 Å². The van der Waals surface area contributed by atoms with Crippen molar-refractivity contribution in [1.82, 2.24) is 9.97 Å². The molecular weight excluding hydrogens is 468 g/mol. The predicted molar refractivity (Wildman–Crippen MR) is 155 cm³/mol. The largest absolute Gasteiger partial charge is 0.477 e. The molecule has 5 unspecified atom stereocenters. The van der Waals surface area contributed by atoms with Crippen LogP contribution >= 0.6 is 0 Å². The summed E-state index contributed by atoms with van der Waals surface area (Å²) < 4.78 is 6.36. The molecule has 0 amide bonds. The van der Waals surface area contributed by atoms with Gasteiger partial charge >= 0.3 is 0 Å². The quantitative estimate of drug-likeness (QED) is 0.353. The van der Waals surface area contributed by atoms with E-state index in [1.807, 2.05) is 6.07 Å². The van der Waals surface area contributed by atoms with Crippen molar-refractivity contribution >= 4 is 12.2 Å². The first-order valence-corrected chi connectivity index (χ1v) is 14.4. The zero-order chi connectivity index (χ0) is 26.1. The van der Waals surface area contributed by atoms with E-state index >= 15 is 0 Å². The third-order valence-corrected chi connectivity index (χ3v) is 8.63. The Labute approximate surface area is 226 Å². The Hall–Kier alpha value is -3.24.